The first-order valence-electron chi connectivity index (χ1n) is 5.23. The molecule has 0 aromatic heterocycles. The zero-order chi connectivity index (χ0) is 13.9. The van der Waals surface area contributed by atoms with E-state index in [0.717, 1.165) is 11.0 Å². The SMILES string of the molecule is CCc1cc(F)cc(F)c1N(C)C(=O)NC(=N)N. The number of amides is 2. The van der Waals surface area contributed by atoms with Crippen molar-refractivity contribution < 1.29 is 13.6 Å². The monoisotopic (exact) mass is 256 g/mol. The molecule has 7 heteroatoms. The van der Waals surface area contributed by atoms with Crippen LogP contribution >= 0.6 is 0 Å². The molecule has 5 nitrogen and oxygen atoms in total. The Bertz CT molecular complexity index is 490. The number of halogens is 2. The molecule has 0 aliphatic rings. The Kier molecular flexibility index (Phi) is 4.19. The Balaban J connectivity index is 3.15. The molecule has 0 atom stereocenters. The standard InChI is InChI=1S/C11H14F2N4O/c1-3-6-4-7(12)5-8(13)9(6)17(2)11(18)16-10(14)15/h4-5H,3H2,1-2H3,(H4,14,15,16,18). The van der Waals surface area contributed by atoms with Gasteiger partial charge in [0.2, 0.25) is 0 Å². The summed E-state index contributed by atoms with van der Waals surface area (Å²) in [7, 11) is 1.31. The number of anilines is 1. The van der Waals surface area contributed by atoms with Crippen LogP contribution in [0.4, 0.5) is 19.3 Å². The van der Waals surface area contributed by atoms with Crippen molar-refractivity contribution in [3.8, 4) is 0 Å². The fourth-order valence-corrected chi connectivity index (χ4v) is 1.57. The van der Waals surface area contributed by atoms with Crippen molar-refractivity contribution >= 4 is 17.7 Å². The summed E-state index contributed by atoms with van der Waals surface area (Å²) < 4.78 is 26.8. The van der Waals surface area contributed by atoms with Gasteiger partial charge in [-0.1, -0.05) is 6.92 Å². The van der Waals surface area contributed by atoms with Gasteiger partial charge in [0, 0.05) is 13.1 Å². The summed E-state index contributed by atoms with van der Waals surface area (Å²) in [5, 5.41) is 8.95. The minimum Gasteiger partial charge on any atom is -0.370 e. The number of hydrogen-bond acceptors (Lipinski definition) is 2. The zero-order valence-corrected chi connectivity index (χ0v) is 10.1. The molecule has 0 saturated heterocycles. The van der Waals surface area contributed by atoms with Crippen molar-refractivity contribution in [2.75, 3.05) is 11.9 Å². The highest BCUT2D eigenvalue weighted by Crippen LogP contribution is 2.25. The number of guanidine groups is 1. The lowest BCUT2D eigenvalue weighted by Crippen LogP contribution is -2.44. The van der Waals surface area contributed by atoms with Crippen LogP contribution in [0.25, 0.3) is 0 Å². The van der Waals surface area contributed by atoms with Gasteiger partial charge >= 0.3 is 6.03 Å². The Hall–Kier alpha value is -2.18. The van der Waals surface area contributed by atoms with Crippen LogP contribution in [0.15, 0.2) is 12.1 Å². The fraction of sp³-hybridized carbons (Fsp3) is 0.273. The number of carbonyl (C=O) groups excluding carboxylic acids is 1. The average molecular weight is 256 g/mol. The number of nitrogens with two attached hydrogens (primary N) is 1. The highest BCUT2D eigenvalue weighted by atomic mass is 19.1. The minimum atomic E-state index is -0.840. The summed E-state index contributed by atoms with van der Waals surface area (Å²) in [6.07, 6.45) is 0.363. The lowest BCUT2D eigenvalue weighted by atomic mass is 10.1. The number of nitrogens with one attached hydrogen (secondary N) is 2. The van der Waals surface area contributed by atoms with E-state index in [1.165, 1.54) is 7.05 Å². The molecule has 2 amide bonds. The summed E-state index contributed by atoms with van der Waals surface area (Å²) in [6.45, 7) is 1.72. The molecule has 1 aromatic carbocycles. The number of rotatable bonds is 2. The van der Waals surface area contributed by atoms with Gasteiger partial charge < -0.3 is 5.73 Å². The third-order valence-corrected chi connectivity index (χ3v) is 2.37. The van der Waals surface area contributed by atoms with Crippen molar-refractivity contribution in [2.24, 2.45) is 5.73 Å². The largest absolute Gasteiger partial charge is 0.370 e. The van der Waals surface area contributed by atoms with Gasteiger partial charge in [0.05, 0.1) is 5.69 Å². The average Bonchev–Trinajstić information content (AvgIpc) is 2.26. The molecular formula is C11H14F2N4O. The molecule has 18 heavy (non-hydrogen) atoms. The summed E-state index contributed by atoms with van der Waals surface area (Å²) >= 11 is 0. The first kappa shape index (κ1) is 13.9. The Labute approximate surface area is 103 Å². The van der Waals surface area contributed by atoms with Crippen LogP contribution in [-0.2, 0) is 6.42 Å². The van der Waals surface area contributed by atoms with Gasteiger partial charge in [-0.15, -0.1) is 0 Å². The number of carbonyl (C=O) groups is 1. The molecule has 0 unspecified atom stereocenters. The number of aryl methyl sites for hydroxylation is 1. The van der Waals surface area contributed by atoms with Crippen LogP contribution in [-0.4, -0.2) is 19.0 Å². The first-order chi connectivity index (χ1) is 8.36. The van der Waals surface area contributed by atoms with E-state index in [2.05, 4.69) is 0 Å². The molecule has 4 N–H and O–H groups in total. The molecule has 0 bridgehead atoms. The Morgan fingerprint density at radius 2 is 2.11 bits per heavy atom. The van der Waals surface area contributed by atoms with E-state index in [9.17, 15) is 13.6 Å². The number of urea groups is 1. The van der Waals surface area contributed by atoms with E-state index in [-0.39, 0.29) is 5.69 Å². The molecule has 0 heterocycles. The second-order valence-electron chi connectivity index (χ2n) is 3.65. The number of nitrogens with zero attached hydrogens (tertiary/aromatic N) is 1. The Morgan fingerprint density at radius 3 is 2.61 bits per heavy atom. The van der Waals surface area contributed by atoms with Crippen LogP contribution in [0.1, 0.15) is 12.5 Å². The molecule has 0 fully saturated rings. The van der Waals surface area contributed by atoms with Gasteiger partial charge in [-0.3, -0.25) is 15.6 Å². The predicted molar refractivity (Wildman–Crippen MR) is 64.6 cm³/mol. The highest BCUT2D eigenvalue weighted by molar-refractivity contribution is 6.02. The summed E-state index contributed by atoms with van der Waals surface area (Å²) in [5.74, 6) is -2.09. The smallest absolute Gasteiger partial charge is 0.328 e. The molecule has 0 radical (unpaired) electrons. The van der Waals surface area contributed by atoms with Crippen LogP contribution < -0.4 is 16.0 Å². The van der Waals surface area contributed by atoms with Crippen molar-refractivity contribution in [1.82, 2.24) is 5.32 Å². The van der Waals surface area contributed by atoms with E-state index >= 15 is 0 Å². The molecule has 1 aromatic rings. The zero-order valence-electron chi connectivity index (χ0n) is 10.1. The maximum Gasteiger partial charge on any atom is 0.328 e. The van der Waals surface area contributed by atoms with Crippen molar-refractivity contribution in [2.45, 2.75) is 13.3 Å². The molecule has 0 saturated carbocycles. The topological polar surface area (TPSA) is 82.2 Å². The minimum absolute atomic E-state index is 0.0300. The second kappa shape index (κ2) is 5.44. The summed E-state index contributed by atoms with van der Waals surface area (Å²) in [6, 6.07) is 1.10. The molecule has 0 spiro atoms. The molecule has 0 aliphatic carbocycles. The normalized spacial score (nSPS) is 10.0. The third kappa shape index (κ3) is 2.93. The molecule has 98 valence electrons. The van der Waals surface area contributed by atoms with E-state index < -0.39 is 23.6 Å². The van der Waals surface area contributed by atoms with Gasteiger partial charge in [0.15, 0.2) is 5.96 Å². The van der Waals surface area contributed by atoms with Crippen LogP contribution in [0.3, 0.4) is 0 Å². The van der Waals surface area contributed by atoms with Crippen LogP contribution in [0, 0.1) is 17.0 Å². The third-order valence-electron chi connectivity index (χ3n) is 2.37. The maximum absolute atomic E-state index is 13.7. The van der Waals surface area contributed by atoms with Crippen molar-refractivity contribution in [1.29, 1.82) is 5.41 Å². The van der Waals surface area contributed by atoms with Gasteiger partial charge in [-0.2, -0.15) is 0 Å². The fourth-order valence-electron chi connectivity index (χ4n) is 1.57. The van der Waals surface area contributed by atoms with E-state index in [0.29, 0.717) is 18.1 Å². The van der Waals surface area contributed by atoms with Crippen molar-refractivity contribution in [3.63, 3.8) is 0 Å². The van der Waals surface area contributed by atoms with Gasteiger partial charge in [0.1, 0.15) is 11.6 Å². The predicted octanol–water partition coefficient (Wildman–Crippen LogP) is 1.57. The highest BCUT2D eigenvalue weighted by Gasteiger charge is 2.19. The summed E-state index contributed by atoms with van der Waals surface area (Å²) in [4.78, 5) is 12.5. The van der Waals surface area contributed by atoms with E-state index in [1.807, 2.05) is 5.32 Å². The Morgan fingerprint density at radius 1 is 1.50 bits per heavy atom. The lowest BCUT2D eigenvalue weighted by molar-refractivity contribution is 0.251. The van der Waals surface area contributed by atoms with Crippen LogP contribution in [0.2, 0.25) is 0 Å². The quantitative estimate of drug-likeness (QED) is 0.554. The maximum atomic E-state index is 13.7. The van der Waals surface area contributed by atoms with Gasteiger partial charge in [0.25, 0.3) is 0 Å². The molecular weight excluding hydrogens is 242 g/mol. The summed E-state index contributed by atoms with van der Waals surface area (Å²) in [5.41, 5.74) is 5.34. The lowest BCUT2D eigenvalue weighted by Gasteiger charge is -2.21. The first-order valence-corrected chi connectivity index (χ1v) is 5.23. The number of benzene rings is 1. The molecule has 0 aliphatic heterocycles. The van der Waals surface area contributed by atoms with Gasteiger partial charge in [-0.05, 0) is 18.1 Å². The van der Waals surface area contributed by atoms with Crippen molar-refractivity contribution in [3.05, 3.63) is 29.3 Å². The van der Waals surface area contributed by atoms with Gasteiger partial charge in [-0.25, -0.2) is 13.6 Å². The van der Waals surface area contributed by atoms with Crippen LogP contribution in [0.5, 0.6) is 0 Å². The molecule has 1 rings (SSSR count). The second-order valence-corrected chi connectivity index (χ2v) is 3.65. The van der Waals surface area contributed by atoms with E-state index in [4.69, 9.17) is 11.1 Å². The van der Waals surface area contributed by atoms with E-state index in [1.54, 1.807) is 6.92 Å². The number of hydrogen-bond donors (Lipinski definition) is 3.